The van der Waals surface area contributed by atoms with Crippen molar-refractivity contribution in [1.29, 1.82) is 0 Å². The molecule has 10 heteroatoms. The molecule has 0 aliphatic rings. The summed E-state index contributed by atoms with van der Waals surface area (Å²) < 4.78 is 0. The second-order valence-electron chi connectivity index (χ2n) is 4.73. The van der Waals surface area contributed by atoms with E-state index in [0.29, 0.717) is 12.1 Å². The molecule has 0 aromatic heterocycles. The minimum absolute atomic E-state index is 0.591. The largest absolute Gasteiger partial charge is 0.504 e. The molecule has 0 bridgehead atoms. The van der Waals surface area contributed by atoms with E-state index in [1.54, 1.807) is 0 Å². The number of phenolic OH excluding ortho intramolecular Hbond substituents is 3. The second kappa shape index (κ2) is 7.35. The number of aliphatic hydroxyl groups excluding tert-OH is 5. The smallest absolute Gasteiger partial charge is 0.234 e. The van der Waals surface area contributed by atoms with Gasteiger partial charge in [0.05, 0.1) is 6.61 Å². The van der Waals surface area contributed by atoms with Crippen LogP contribution in [0.25, 0.3) is 0 Å². The molecule has 128 valence electrons. The van der Waals surface area contributed by atoms with Gasteiger partial charge in [0.1, 0.15) is 24.4 Å². The van der Waals surface area contributed by atoms with E-state index in [-0.39, 0.29) is 0 Å². The number of rotatable bonds is 7. The lowest BCUT2D eigenvalue weighted by molar-refractivity contribution is -0.142. The number of carbonyl (C=O) groups excluding carboxylic acids is 2. The Morgan fingerprint density at radius 2 is 1.39 bits per heavy atom. The lowest BCUT2D eigenvalue weighted by Gasteiger charge is -2.24. The maximum absolute atomic E-state index is 11.9. The van der Waals surface area contributed by atoms with E-state index in [4.69, 9.17) is 15.3 Å². The van der Waals surface area contributed by atoms with Crippen molar-refractivity contribution in [2.75, 3.05) is 6.61 Å². The number of Topliss-reactive ketones (excluding diaryl/α,β-unsaturated/α-hetero) is 2. The molecule has 10 nitrogen and oxygen atoms in total. The molecule has 1 aromatic rings. The van der Waals surface area contributed by atoms with Crippen molar-refractivity contribution in [3.63, 3.8) is 0 Å². The van der Waals surface area contributed by atoms with Crippen molar-refractivity contribution in [2.24, 2.45) is 0 Å². The highest BCUT2D eigenvalue weighted by Gasteiger charge is 2.37. The number of phenols is 3. The van der Waals surface area contributed by atoms with Gasteiger partial charge in [0, 0.05) is 5.56 Å². The highest BCUT2D eigenvalue weighted by atomic mass is 16.4. The number of hydrogen-bond acceptors (Lipinski definition) is 10. The van der Waals surface area contributed by atoms with Gasteiger partial charge in [-0.3, -0.25) is 9.59 Å². The van der Waals surface area contributed by atoms with Crippen LogP contribution in [0.2, 0.25) is 0 Å². The predicted molar refractivity (Wildman–Crippen MR) is 71.9 cm³/mol. The van der Waals surface area contributed by atoms with Crippen LogP contribution in [0.3, 0.4) is 0 Å². The predicted octanol–water partition coefficient (Wildman–Crippen LogP) is -3.01. The summed E-state index contributed by atoms with van der Waals surface area (Å²) in [5.41, 5.74) is -0.591. The van der Waals surface area contributed by atoms with Crippen LogP contribution in [0.15, 0.2) is 12.1 Å². The number of hydrogen-bond donors (Lipinski definition) is 8. The average Bonchev–Trinajstić information content (AvgIpc) is 2.54. The zero-order chi connectivity index (χ0) is 17.9. The van der Waals surface area contributed by atoms with Gasteiger partial charge >= 0.3 is 0 Å². The Labute approximate surface area is 129 Å². The summed E-state index contributed by atoms with van der Waals surface area (Å²) in [6, 6.07) is 1.29. The topological polar surface area (TPSA) is 196 Å². The Hall–Kier alpha value is -2.24. The first kappa shape index (κ1) is 18.8. The van der Waals surface area contributed by atoms with Gasteiger partial charge in [0.2, 0.25) is 11.6 Å². The van der Waals surface area contributed by atoms with Crippen molar-refractivity contribution >= 4 is 11.6 Å². The fourth-order valence-corrected chi connectivity index (χ4v) is 1.69. The fourth-order valence-electron chi connectivity index (χ4n) is 1.69. The summed E-state index contributed by atoms with van der Waals surface area (Å²) >= 11 is 0. The summed E-state index contributed by atoms with van der Waals surface area (Å²) in [6.45, 7) is -0.965. The zero-order valence-corrected chi connectivity index (χ0v) is 11.6. The van der Waals surface area contributed by atoms with Crippen LogP contribution in [0.5, 0.6) is 17.2 Å². The van der Waals surface area contributed by atoms with Gasteiger partial charge in [-0.15, -0.1) is 0 Å². The summed E-state index contributed by atoms with van der Waals surface area (Å²) in [4.78, 5) is 23.6. The van der Waals surface area contributed by atoms with E-state index < -0.39 is 65.4 Å². The molecule has 0 saturated carbocycles. The highest BCUT2D eigenvalue weighted by Crippen LogP contribution is 2.35. The van der Waals surface area contributed by atoms with Gasteiger partial charge in [0.25, 0.3) is 0 Å². The molecule has 1 rings (SSSR count). The molecule has 0 saturated heterocycles. The summed E-state index contributed by atoms with van der Waals surface area (Å²) in [6.07, 6.45) is -8.66. The van der Waals surface area contributed by atoms with Gasteiger partial charge in [0.15, 0.2) is 17.2 Å². The third-order valence-corrected chi connectivity index (χ3v) is 3.08. The van der Waals surface area contributed by atoms with Gasteiger partial charge in [-0.05, 0) is 12.1 Å². The molecule has 0 aliphatic heterocycles. The van der Waals surface area contributed by atoms with Crippen molar-refractivity contribution in [3.05, 3.63) is 17.7 Å². The molecule has 4 atom stereocenters. The van der Waals surface area contributed by atoms with Crippen LogP contribution in [-0.4, -0.2) is 83.4 Å². The number of carbonyl (C=O) groups is 2. The second-order valence-corrected chi connectivity index (χ2v) is 4.73. The minimum Gasteiger partial charge on any atom is -0.504 e. The van der Waals surface area contributed by atoms with Crippen LogP contribution < -0.4 is 0 Å². The summed E-state index contributed by atoms with van der Waals surface area (Å²) in [7, 11) is 0. The molecule has 0 aliphatic carbocycles. The molecule has 1 aromatic carbocycles. The first-order valence-electron chi connectivity index (χ1n) is 6.28. The van der Waals surface area contributed by atoms with Crippen LogP contribution in [0.1, 0.15) is 10.4 Å². The Bertz CT molecular complexity index is 575. The molecular formula is C13H16O10. The zero-order valence-electron chi connectivity index (χ0n) is 11.6. The normalized spacial score (nSPS) is 16.4. The lowest BCUT2D eigenvalue weighted by atomic mass is 9.95. The van der Waals surface area contributed by atoms with E-state index in [0.717, 1.165) is 0 Å². The molecule has 23 heavy (non-hydrogen) atoms. The van der Waals surface area contributed by atoms with Crippen LogP contribution >= 0.6 is 0 Å². The Balaban J connectivity index is 2.98. The first-order valence-corrected chi connectivity index (χ1v) is 6.28. The standard InChI is InChI=1S/C13H16O10/c14-3-7(17)10(20)12(22)13(23)11(21)8(18)4-1-5(15)9(19)6(16)2-4/h1-2,7,10,12-17,19-20,22-23H,3H2/t7-,10+,12+,13+/m1/s1. The Kier molecular flexibility index (Phi) is 6.01. The monoisotopic (exact) mass is 332 g/mol. The quantitative estimate of drug-likeness (QED) is 0.145. The van der Waals surface area contributed by atoms with Crippen LogP contribution in [0, 0.1) is 0 Å². The molecule has 0 fully saturated rings. The molecule has 0 amide bonds. The molecule has 0 heterocycles. The number of benzene rings is 1. The number of aliphatic hydroxyl groups is 5. The average molecular weight is 332 g/mol. The van der Waals surface area contributed by atoms with Crippen molar-refractivity contribution in [3.8, 4) is 17.2 Å². The van der Waals surface area contributed by atoms with E-state index in [2.05, 4.69) is 0 Å². The van der Waals surface area contributed by atoms with Gasteiger partial charge in [-0.2, -0.15) is 0 Å². The van der Waals surface area contributed by atoms with Gasteiger partial charge in [-0.1, -0.05) is 0 Å². The lowest BCUT2D eigenvalue weighted by Crippen LogP contribution is -2.50. The van der Waals surface area contributed by atoms with Crippen LogP contribution in [-0.2, 0) is 4.79 Å². The molecule has 8 N–H and O–H groups in total. The van der Waals surface area contributed by atoms with Gasteiger partial charge < -0.3 is 40.9 Å². The number of aromatic hydroxyl groups is 3. The fraction of sp³-hybridized carbons (Fsp3) is 0.385. The Morgan fingerprint density at radius 3 is 1.83 bits per heavy atom. The molecule has 0 radical (unpaired) electrons. The van der Waals surface area contributed by atoms with Gasteiger partial charge in [-0.25, -0.2) is 0 Å². The van der Waals surface area contributed by atoms with E-state index in [1.165, 1.54) is 0 Å². The SMILES string of the molecule is O=C(C(=O)[C@H](O)[C@@H](O)[C@@H](O)[C@H](O)CO)c1cc(O)c(O)c(O)c1. The van der Waals surface area contributed by atoms with E-state index in [9.17, 15) is 35.1 Å². The summed E-state index contributed by atoms with van der Waals surface area (Å²) in [5, 5.41) is 73.9. The summed E-state index contributed by atoms with van der Waals surface area (Å²) in [5.74, 6) is -5.76. The van der Waals surface area contributed by atoms with Crippen molar-refractivity contribution in [2.45, 2.75) is 24.4 Å². The minimum atomic E-state index is -2.43. The third kappa shape index (κ3) is 3.94. The highest BCUT2D eigenvalue weighted by molar-refractivity contribution is 6.45. The first-order chi connectivity index (χ1) is 10.6. The van der Waals surface area contributed by atoms with Crippen molar-refractivity contribution in [1.82, 2.24) is 0 Å². The molecular weight excluding hydrogens is 316 g/mol. The van der Waals surface area contributed by atoms with Crippen LogP contribution in [0.4, 0.5) is 0 Å². The van der Waals surface area contributed by atoms with E-state index >= 15 is 0 Å². The maximum Gasteiger partial charge on any atom is 0.234 e. The Morgan fingerprint density at radius 1 is 0.913 bits per heavy atom. The van der Waals surface area contributed by atoms with Crippen molar-refractivity contribution < 1.29 is 50.4 Å². The molecule has 0 spiro atoms. The molecule has 0 unspecified atom stereocenters. The third-order valence-electron chi connectivity index (χ3n) is 3.08. The van der Waals surface area contributed by atoms with E-state index in [1.807, 2.05) is 0 Å². The maximum atomic E-state index is 11.9. The number of ketones is 2.